The van der Waals surface area contributed by atoms with Crippen molar-refractivity contribution in [2.75, 3.05) is 0 Å². The molecule has 0 aromatic heterocycles. The van der Waals surface area contributed by atoms with Crippen molar-refractivity contribution in [1.82, 2.24) is 4.90 Å². The summed E-state index contributed by atoms with van der Waals surface area (Å²) in [6.07, 6.45) is 1.59. The summed E-state index contributed by atoms with van der Waals surface area (Å²) in [4.78, 5) is 26.8. The molecule has 0 unspecified atom stereocenters. The van der Waals surface area contributed by atoms with Gasteiger partial charge in [0.2, 0.25) is 0 Å². The number of nitrogens with zero attached hydrogens (tertiary/aromatic N) is 1. The summed E-state index contributed by atoms with van der Waals surface area (Å²) in [7, 11) is 0. The summed E-state index contributed by atoms with van der Waals surface area (Å²) in [5, 5.41) is 1.18. The molecule has 0 spiro atoms. The van der Waals surface area contributed by atoms with Gasteiger partial charge >= 0.3 is 0 Å². The Hall–Kier alpha value is -1.67. The molecule has 0 atom stereocenters. The first-order valence-corrected chi connectivity index (χ1v) is 12.9. The summed E-state index contributed by atoms with van der Waals surface area (Å²) in [6, 6.07) is 15.8. The molecule has 0 saturated carbocycles. The van der Waals surface area contributed by atoms with Crippen molar-refractivity contribution in [3.8, 4) is 5.75 Å². The van der Waals surface area contributed by atoms with Crippen LogP contribution in [0.4, 0.5) is 4.79 Å². The number of halogens is 5. The minimum absolute atomic E-state index is 0.143. The quantitative estimate of drug-likeness (QED) is 0.259. The Bertz CT molecular complexity index is 1290. The molecule has 174 valence electrons. The van der Waals surface area contributed by atoms with E-state index >= 15 is 0 Å². The van der Waals surface area contributed by atoms with E-state index in [1.165, 1.54) is 4.90 Å². The molecule has 3 aromatic carbocycles. The largest absolute Gasteiger partial charge is 0.486 e. The van der Waals surface area contributed by atoms with Crippen LogP contribution in [0.15, 0.2) is 64.0 Å². The zero-order valence-electron chi connectivity index (χ0n) is 17.2. The first-order chi connectivity index (χ1) is 16.2. The number of ether oxygens (including phenoxy) is 1. The Labute approximate surface area is 228 Å². The number of thioether (sulfide) groups is 1. The van der Waals surface area contributed by atoms with E-state index in [9.17, 15) is 9.59 Å². The summed E-state index contributed by atoms with van der Waals surface area (Å²) in [5.41, 5.74) is 2.14. The van der Waals surface area contributed by atoms with Crippen LogP contribution in [-0.2, 0) is 17.9 Å². The van der Waals surface area contributed by atoms with Gasteiger partial charge in [0, 0.05) is 20.1 Å². The van der Waals surface area contributed by atoms with Gasteiger partial charge in [-0.1, -0.05) is 80.5 Å². The van der Waals surface area contributed by atoms with Crippen LogP contribution >= 0.6 is 74.1 Å². The second kappa shape index (κ2) is 10.9. The van der Waals surface area contributed by atoms with E-state index < -0.39 is 0 Å². The van der Waals surface area contributed by atoms with Gasteiger partial charge in [-0.15, -0.1) is 0 Å². The Morgan fingerprint density at radius 3 is 2.24 bits per heavy atom. The molecular weight excluding hydrogens is 604 g/mol. The zero-order valence-corrected chi connectivity index (χ0v) is 22.6. The van der Waals surface area contributed by atoms with Crippen LogP contribution in [0.3, 0.4) is 0 Å². The number of carbonyl (C=O) groups excluding carboxylic acids is 2. The molecule has 4 rings (SSSR count). The molecule has 0 bridgehead atoms. The Morgan fingerprint density at radius 1 is 0.912 bits per heavy atom. The van der Waals surface area contributed by atoms with Crippen molar-refractivity contribution < 1.29 is 14.3 Å². The monoisotopic (exact) mass is 615 g/mol. The van der Waals surface area contributed by atoms with Crippen molar-refractivity contribution in [3.63, 3.8) is 0 Å². The number of imide groups is 1. The van der Waals surface area contributed by atoms with Crippen LogP contribution in [0, 0.1) is 0 Å². The molecule has 3 aromatic rings. The highest BCUT2D eigenvalue weighted by Gasteiger charge is 2.35. The predicted octanol–water partition coefficient (Wildman–Crippen LogP) is 8.88. The van der Waals surface area contributed by atoms with Crippen LogP contribution in [-0.4, -0.2) is 16.0 Å². The lowest BCUT2D eigenvalue weighted by atomic mass is 10.2. The van der Waals surface area contributed by atoms with Gasteiger partial charge in [-0.2, -0.15) is 0 Å². The lowest BCUT2D eigenvalue weighted by molar-refractivity contribution is -0.123. The van der Waals surface area contributed by atoms with E-state index in [0.29, 0.717) is 15.6 Å². The maximum Gasteiger partial charge on any atom is 0.293 e. The Balaban J connectivity index is 1.50. The number of carbonyl (C=O) groups is 2. The van der Waals surface area contributed by atoms with E-state index in [1.807, 2.05) is 24.3 Å². The maximum atomic E-state index is 12.8. The Kier molecular flexibility index (Phi) is 8.18. The summed E-state index contributed by atoms with van der Waals surface area (Å²) < 4.78 is 6.70. The first-order valence-electron chi connectivity index (χ1n) is 9.77. The third kappa shape index (κ3) is 5.93. The minimum Gasteiger partial charge on any atom is -0.486 e. The Morgan fingerprint density at radius 2 is 1.59 bits per heavy atom. The van der Waals surface area contributed by atoms with Gasteiger partial charge < -0.3 is 4.74 Å². The van der Waals surface area contributed by atoms with Crippen molar-refractivity contribution in [1.29, 1.82) is 0 Å². The molecule has 4 nitrogen and oxygen atoms in total. The molecule has 0 N–H and O–H groups in total. The molecule has 1 aliphatic heterocycles. The number of amides is 2. The van der Waals surface area contributed by atoms with Crippen LogP contribution < -0.4 is 4.74 Å². The number of hydrogen-bond donors (Lipinski definition) is 0. The van der Waals surface area contributed by atoms with Crippen molar-refractivity contribution in [2.24, 2.45) is 0 Å². The third-order valence-electron chi connectivity index (χ3n) is 4.83. The standard InChI is InChI=1S/C24H14BrCl4NO3S/c25-16-4-1-13(2-5-16)11-30-23(31)21(34-24(30)32)9-14-7-19(28)22(20(29)8-14)33-12-15-3-6-17(26)10-18(15)27/h1-10H,11-12H2/b21-9-. The molecule has 34 heavy (non-hydrogen) atoms. The molecule has 0 aliphatic carbocycles. The molecule has 1 heterocycles. The molecule has 2 amide bonds. The van der Waals surface area contributed by atoms with Crippen molar-refractivity contribution in [3.05, 3.63) is 101 Å². The average Bonchev–Trinajstić information content (AvgIpc) is 3.03. The van der Waals surface area contributed by atoms with Gasteiger partial charge in [0.1, 0.15) is 6.61 Å². The van der Waals surface area contributed by atoms with Crippen LogP contribution in [0.5, 0.6) is 5.75 Å². The fourth-order valence-electron chi connectivity index (χ4n) is 3.15. The van der Waals surface area contributed by atoms with Crippen LogP contribution in [0.25, 0.3) is 6.08 Å². The minimum atomic E-state index is -0.372. The van der Waals surface area contributed by atoms with Gasteiger partial charge in [0.25, 0.3) is 11.1 Å². The van der Waals surface area contributed by atoms with Crippen molar-refractivity contribution >= 4 is 91.3 Å². The van der Waals surface area contributed by atoms with Gasteiger partial charge in [-0.05, 0) is 65.4 Å². The highest BCUT2D eigenvalue weighted by atomic mass is 79.9. The van der Waals surface area contributed by atoms with Crippen LogP contribution in [0.1, 0.15) is 16.7 Å². The first kappa shape index (κ1) is 25.4. The van der Waals surface area contributed by atoms with E-state index in [1.54, 1.807) is 36.4 Å². The molecule has 10 heteroatoms. The van der Waals surface area contributed by atoms with Gasteiger partial charge in [0.05, 0.1) is 21.5 Å². The van der Waals surface area contributed by atoms with E-state index in [0.717, 1.165) is 27.4 Å². The normalized spacial score (nSPS) is 14.9. The number of hydrogen-bond acceptors (Lipinski definition) is 4. The smallest absolute Gasteiger partial charge is 0.293 e. The van der Waals surface area contributed by atoms with Gasteiger partial charge in [-0.25, -0.2) is 0 Å². The summed E-state index contributed by atoms with van der Waals surface area (Å²) >= 11 is 29.1. The SMILES string of the molecule is O=C1S/C(=C\c2cc(Cl)c(OCc3ccc(Cl)cc3Cl)c(Cl)c2)C(=O)N1Cc1ccc(Br)cc1. The second-order valence-corrected chi connectivity index (χ2v) is 10.8. The fourth-order valence-corrected chi connectivity index (χ4v) is 5.33. The summed E-state index contributed by atoms with van der Waals surface area (Å²) in [5.74, 6) is -0.0855. The lowest BCUT2D eigenvalue weighted by Gasteiger charge is -2.13. The molecule has 1 saturated heterocycles. The van der Waals surface area contributed by atoms with Gasteiger partial charge in [-0.3, -0.25) is 14.5 Å². The average molecular weight is 618 g/mol. The lowest BCUT2D eigenvalue weighted by Crippen LogP contribution is -2.27. The topological polar surface area (TPSA) is 46.6 Å². The van der Waals surface area contributed by atoms with E-state index in [4.69, 9.17) is 51.1 Å². The highest BCUT2D eigenvalue weighted by Crippen LogP contribution is 2.38. The predicted molar refractivity (Wildman–Crippen MR) is 143 cm³/mol. The molecule has 1 fully saturated rings. The van der Waals surface area contributed by atoms with Crippen LogP contribution in [0.2, 0.25) is 20.1 Å². The molecule has 0 radical (unpaired) electrons. The number of rotatable bonds is 6. The van der Waals surface area contributed by atoms with E-state index in [2.05, 4.69) is 15.9 Å². The molecule has 1 aliphatic rings. The zero-order chi connectivity index (χ0) is 24.4. The maximum absolute atomic E-state index is 12.8. The highest BCUT2D eigenvalue weighted by molar-refractivity contribution is 9.10. The van der Waals surface area contributed by atoms with E-state index in [-0.39, 0.29) is 45.0 Å². The second-order valence-electron chi connectivity index (χ2n) is 7.23. The van der Waals surface area contributed by atoms with Crippen molar-refractivity contribution in [2.45, 2.75) is 13.2 Å². The number of benzene rings is 3. The third-order valence-corrected chi connectivity index (χ3v) is 7.42. The van der Waals surface area contributed by atoms with Gasteiger partial charge in [0.15, 0.2) is 5.75 Å². The fraction of sp³-hybridized carbons (Fsp3) is 0.0833. The molecular formula is C24H14BrCl4NO3S. The summed E-state index contributed by atoms with van der Waals surface area (Å²) in [6.45, 7) is 0.334.